The van der Waals surface area contributed by atoms with Gasteiger partial charge in [-0.15, -0.1) is 0 Å². The topological polar surface area (TPSA) is 38.3 Å². The molecule has 84 valence electrons. The Morgan fingerprint density at radius 1 is 1.50 bits per heavy atom. The molecule has 0 heterocycles. The average Bonchev–Trinajstić information content (AvgIpc) is 2.22. The van der Waals surface area contributed by atoms with Crippen LogP contribution in [0, 0.1) is 0 Å². The molecule has 4 heteroatoms. The minimum Gasteiger partial charge on any atom is -0.469 e. The number of nitrogens with one attached hydrogen (secondary N) is 1. The maximum absolute atomic E-state index is 10.8. The van der Waals surface area contributed by atoms with Crippen molar-refractivity contribution in [2.24, 2.45) is 0 Å². The van der Waals surface area contributed by atoms with E-state index in [0.29, 0.717) is 12.5 Å². The highest BCUT2D eigenvalue weighted by atomic mass is 32.2. The number of rotatable bonds is 8. The molecule has 0 saturated carbocycles. The van der Waals surface area contributed by atoms with E-state index in [0.717, 1.165) is 24.5 Å². The molecule has 0 aliphatic carbocycles. The van der Waals surface area contributed by atoms with Crippen LogP contribution < -0.4 is 5.32 Å². The molecule has 0 aromatic heterocycles. The van der Waals surface area contributed by atoms with Crippen molar-refractivity contribution in [2.45, 2.75) is 32.7 Å². The number of carbonyl (C=O) groups excluding carboxylic acids is 1. The van der Waals surface area contributed by atoms with Gasteiger partial charge in [-0.05, 0) is 13.0 Å². The molecule has 3 nitrogen and oxygen atoms in total. The first-order valence-corrected chi connectivity index (χ1v) is 6.28. The first-order valence-electron chi connectivity index (χ1n) is 5.12. The summed E-state index contributed by atoms with van der Waals surface area (Å²) < 4.78 is 4.56. The normalized spacial score (nSPS) is 12.5. The average molecular weight is 219 g/mol. The lowest BCUT2D eigenvalue weighted by atomic mass is 10.2. The van der Waals surface area contributed by atoms with Gasteiger partial charge >= 0.3 is 5.97 Å². The minimum atomic E-state index is -0.117. The number of esters is 1. The Morgan fingerprint density at radius 3 is 2.71 bits per heavy atom. The molecule has 0 aliphatic heterocycles. The fourth-order valence-electron chi connectivity index (χ4n) is 1.09. The van der Waals surface area contributed by atoms with Gasteiger partial charge in [0.25, 0.3) is 0 Å². The van der Waals surface area contributed by atoms with Crippen LogP contribution in [0.5, 0.6) is 0 Å². The third-order valence-corrected chi connectivity index (χ3v) is 3.11. The Kier molecular flexibility index (Phi) is 9.19. The van der Waals surface area contributed by atoms with Crippen LogP contribution in [0.1, 0.15) is 26.7 Å². The second-order valence-electron chi connectivity index (χ2n) is 3.06. The quantitative estimate of drug-likeness (QED) is 0.498. The van der Waals surface area contributed by atoms with Crippen molar-refractivity contribution < 1.29 is 9.53 Å². The number of carbonyl (C=O) groups is 1. The van der Waals surface area contributed by atoms with Crippen molar-refractivity contribution in [3.05, 3.63) is 0 Å². The van der Waals surface area contributed by atoms with Crippen LogP contribution in [0.3, 0.4) is 0 Å². The molecule has 1 unspecified atom stereocenters. The van der Waals surface area contributed by atoms with Crippen molar-refractivity contribution in [1.29, 1.82) is 0 Å². The highest BCUT2D eigenvalue weighted by Gasteiger charge is 2.05. The summed E-state index contributed by atoms with van der Waals surface area (Å²) in [5.41, 5.74) is 0. The smallest absolute Gasteiger partial charge is 0.306 e. The largest absolute Gasteiger partial charge is 0.469 e. The van der Waals surface area contributed by atoms with Gasteiger partial charge in [0.1, 0.15) is 0 Å². The predicted octanol–water partition coefficient (Wildman–Crippen LogP) is 1.67. The molecule has 0 aliphatic rings. The Bertz CT molecular complexity index is 153. The molecule has 0 spiro atoms. The van der Waals surface area contributed by atoms with Crippen LogP contribution in [0.25, 0.3) is 0 Å². The van der Waals surface area contributed by atoms with Gasteiger partial charge in [-0.2, -0.15) is 11.8 Å². The van der Waals surface area contributed by atoms with Gasteiger partial charge in [0.15, 0.2) is 0 Å². The van der Waals surface area contributed by atoms with Gasteiger partial charge in [0, 0.05) is 17.5 Å². The number of hydrogen-bond donors (Lipinski definition) is 1. The van der Waals surface area contributed by atoms with Crippen molar-refractivity contribution >= 4 is 17.7 Å². The third-order valence-electron chi connectivity index (χ3n) is 1.98. The number of thioether (sulfide) groups is 1. The molecule has 0 saturated heterocycles. The SMILES string of the molecule is CCNC(CC)CSCCC(=O)OC. The van der Waals surface area contributed by atoms with Gasteiger partial charge in [-0.1, -0.05) is 13.8 Å². The van der Waals surface area contributed by atoms with Crippen LogP contribution in [-0.4, -0.2) is 37.2 Å². The standard InChI is InChI=1S/C10H21NO2S/c1-4-9(11-5-2)8-14-7-6-10(12)13-3/h9,11H,4-8H2,1-3H3. The van der Waals surface area contributed by atoms with Crippen molar-refractivity contribution in [3.63, 3.8) is 0 Å². The monoisotopic (exact) mass is 219 g/mol. The summed E-state index contributed by atoms with van der Waals surface area (Å²) in [4.78, 5) is 10.8. The van der Waals surface area contributed by atoms with E-state index in [1.807, 2.05) is 0 Å². The zero-order valence-corrected chi connectivity index (χ0v) is 10.2. The molecule has 0 bridgehead atoms. The van der Waals surface area contributed by atoms with Crippen molar-refractivity contribution in [3.8, 4) is 0 Å². The molecular formula is C10H21NO2S. The summed E-state index contributed by atoms with van der Waals surface area (Å²) in [6.07, 6.45) is 1.66. The van der Waals surface area contributed by atoms with Crippen molar-refractivity contribution in [2.75, 3.05) is 25.2 Å². The van der Waals surface area contributed by atoms with E-state index in [9.17, 15) is 4.79 Å². The molecule has 0 aromatic carbocycles. The summed E-state index contributed by atoms with van der Waals surface area (Å²) in [5.74, 6) is 1.81. The van der Waals surface area contributed by atoms with E-state index in [4.69, 9.17) is 0 Å². The fourth-order valence-corrected chi connectivity index (χ4v) is 2.21. The number of methoxy groups -OCH3 is 1. The predicted molar refractivity (Wildman–Crippen MR) is 61.7 cm³/mol. The maximum Gasteiger partial charge on any atom is 0.306 e. The Balaban J connectivity index is 3.37. The van der Waals surface area contributed by atoms with Gasteiger partial charge in [0.05, 0.1) is 13.5 Å². The lowest BCUT2D eigenvalue weighted by molar-refractivity contribution is -0.140. The highest BCUT2D eigenvalue weighted by molar-refractivity contribution is 7.99. The molecule has 0 fully saturated rings. The first-order chi connectivity index (χ1) is 6.74. The van der Waals surface area contributed by atoms with E-state index in [-0.39, 0.29) is 5.97 Å². The summed E-state index contributed by atoms with van der Waals surface area (Å²) in [6.45, 7) is 5.30. The van der Waals surface area contributed by atoms with E-state index in [1.165, 1.54) is 7.11 Å². The van der Waals surface area contributed by atoms with Crippen molar-refractivity contribution in [1.82, 2.24) is 5.32 Å². The highest BCUT2D eigenvalue weighted by Crippen LogP contribution is 2.07. The van der Waals surface area contributed by atoms with Crippen LogP contribution in [-0.2, 0) is 9.53 Å². The summed E-state index contributed by atoms with van der Waals surface area (Å²) >= 11 is 1.81. The summed E-state index contributed by atoms with van der Waals surface area (Å²) in [5, 5.41) is 3.40. The Morgan fingerprint density at radius 2 is 2.21 bits per heavy atom. The van der Waals surface area contributed by atoms with Gasteiger partial charge < -0.3 is 10.1 Å². The molecule has 1 N–H and O–H groups in total. The van der Waals surface area contributed by atoms with E-state index >= 15 is 0 Å². The van der Waals surface area contributed by atoms with Crippen LogP contribution in [0.15, 0.2) is 0 Å². The fraction of sp³-hybridized carbons (Fsp3) is 0.900. The molecule has 1 atom stereocenters. The molecular weight excluding hydrogens is 198 g/mol. The molecule has 0 amide bonds. The molecule has 0 aromatic rings. The third kappa shape index (κ3) is 7.21. The molecule has 14 heavy (non-hydrogen) atoms. The first kappa shape index (κ1) is 13.8. The zero-order valence-electron chi connectivity index (χ0n) is 9.34. The van der Waals surface area contributed by atoms with Crippen LogP contribution in [0.4, 0.5) is 0 Å². The maximum atomic E-state index is 10.8. The zero-order chi connectivity index (χ0) is 10.8. The molecule has 0 radical (unpaired) electrons. The Hall–Kier alpha value is -0.220. The van der Waals surface area contributed by atoms with Gasteiger partial charge in [-0.25, -0.2) is 0 Å². The Labute approximate surface area is 91.0 Å². The van der Waals surface area contributed by atoms with Crippen LogP contribution >= 0.6 is 11.8 Å². The second-order valence-corrected chi connectivity index (χ2v) is 4.21. The minimum absolute atomic E-state index is 0.117. The summed E-state index contributed by atoms with van der Waals surface area (Å²) in [7, 11) is 1.43. The lowest BCUT2D eigenvalue weighted by Gasteiger charge is -2.14. The van der Waals surface area contributed by atoms with E-state index < -0.39 is 0 Å². The van der Waals surface area contributed by atoms with Gasteiger partial charge in [-0.3, -0.25) is 4.79 Å². The van der Waals surface area contributed by atoms with Gasteiger partial charge in [0.2, 0.25) is 0 Å². The lowest BCUT2D eigenvalue weighted by Crippen LogP contribution is -2.30. The molecule has 0 rings (SSSR count). The number of ether oxygens (including phenoxy) is 1. The van der Waals surface area contributed by atoms with E-state index in [2.05, 4.69) is 23.9 Å². The van der Waals surface area contributed by atoms with Crippen LogP contribution in [0.2, 0.25) is 0 Å². The number of hydrogen-bond acceptors (Lipinski definition) is 4. The second kappa shape index (κ2) is 9.34. The van der Waals surface area contributed by atoms with E-state index in [1.54, 1.807) is 11.8 Å². The summed E-state index contributed by atoms with van der Waals surface area (Å²) in [6, 6.07) is 0.572.